The molecule has 80 valence electrons. The number of imidazole rings is 1. The lowest BCUT2D eigenvalue weighted by molar-refractivity contribution is 1.09. The predicted octanol–water partition coefficient (Wildman–Crippen LogP) is 2.48. The van der Waals surface area contributed by atoms with Crippen molar-refractivity contribution in [2.45, 2.75) is 6.42 Å². The molecule has 2 rings (SSSR count). The molecule has 2 aromatic rings. The maximum absolute atomic E-state index is 6.03. The summed E-state index contributed by atoms with van der Waals surface area (Å²) in [5.74, 6) is 1.72. The lowest BCUT2D eigenvalue weighted by Gasteiger charge is -1.97. The Labute approximate surface area is 97.6 Å². The molecule has 0 fully saturated rings. The number of hydrogen-bond donors (Lipinski definition) is 1. The highest BCUT2D eigenvalue weighted by molar-refractivity contribution is 7.98. The van der Waals surface area contributed by atoms with Gasteiger partial charge in [0.25, 0.3) is 0 Å². The van der Waals surface area contributed by atoms with Crippen molar-refractivity contribution in [1.82, 2.24) is 9.38 Å². The van der Waals surface area contributed by atoms with Crippen molar-refractivity contribution in [2.24, 2.45) is 0 Å². The van der Waals surface area contributed by atoms with Gasteiger partial charge in [0.05, 0.1) is 10.7 Å². The Bertz CT molecular complexity index is 481. The first-order valence-corrected chi connectivity index (χ1v) is 6.41. The average molecular weight is 242 g/mol. The van der Waals surface area contributed by atoms with E-state index in [1.807, 2.05) is 22.7 Å². The second-order valence-corrected chi connectivity index (χ2v) is 4.63. The van der Waals surface area contributed by atoms with Crippen LogP contribution in [0.25, 0.3) is 5.65 Å². The topological polar surface area (TPSA) is 43.3 Å². The third kappa shape index (κ3) is 1.92. The van der Waals surface area contributed by atoms with Crippen LogP contribution in [0.2, 0.25) is 5.02 Å². The number of anilines is 1. The Morgan fingerprint density at radius 1 is 1.60 bits per heavy atom. The zero-order valence-electron chi connectivity index (χ0n) is 8.40. The van der Waals surface area contributed by atoms with Crippen molar-refractivity contribution >= 4 is 34.8 Å². The third-order valence-electron chi connectivity index (χ3n) is 2.26. The SMILES string of the molecule is CSCCc1nc2c(Cl)cccn2c1N. The zero-order valence-corrected chi connectivity index (χ0v) is 9.98. The molecule has 2 N–H and O–H groups in total. The van der Waals surface area contributed by atoms with Gasteiger partial charge in [-0.05, 0) is 24.1 Å². The molecule has 0 radical (unpaired) electrons. The highest BCUT2D eigenvalue weighted by atomic mass is 35.5. The summed E-state index contributed by atoms with van der Waals surface area (Å²) in [5.41, 5.74) is 7.65. The Kier molecular flexibility index (Phi) is 3.07. The molecule has 0 unspecified atom stereocenters. The summed E-state index contributed by atoms with van der Waals surface area (Å²) < 4.78 is 1.83. The van der Waals surface area contributed by atoms with Gasteiger partial charge in [-0.25, -0.2) is 4.98 Å². The monoisotopic (exact) mass is 241 g/mol. The van der Waals surface area contributed by atoms with Gasteiger partial charge in [0, 0.05) is 12.6 Å². The molecule has 0 aliphatic heterocycles. The van der Waals surface area contributed by atoms with E-state index >= 15 is 0 Å². The summed E-state index contributed by atoms with van der Waals surface area (Å²) in [6.45, 7) is 0. The summed E-state index contributed by atoms with van der Waals surface area (Å²) in [7, 11) is 0. The number of halogens is 1. The smallest absolute Gasteiger partial charge is 0.157 e. The van der Waals surface area contributed by atoms with E-state index in [1.54, 1.807) is 11.8 Å². The number of aryl methyl sites for hydroxylation is 1. The minimum Gasteiger partial charge on any atom is -0.383 e. The summed E-state index contributed by atoms with van der Waals surface area (Å²) in [6.07, 6.45) is 4.83. The van der Waals surface area contributed by atoms with E-state index in [9.17, 15) is 0 Å². The van der Waals surface area contributed by atoms with Crippen molar-refractivity contribution < 1.29 is 0 Å². The molecule has 0 atom stereocenters. The van der Waals surface area contributed by atoms with Gasteiger partial charge in [-0.3, -0.25) is 4.40 Å². The van der Waals surface area contributed by atoms with Crippen molar-refractivity contribution in [3.05, 3.63) is 29.0 Å². The lowest BCUT2D eigenvalue weighted by atomic mass is 10.3. The molecule has 0 amide bonds. The molecular weight excluding hydrogens is 230 g/mol. The van der Waals surface area contributed by atoms with Crippen molar-refractivity contribution in [3.63, 3.8) is 0 Å². The Hall–Kier alpha value is -0.870. The van der Waals surface area contributed by atoms with Crippen LogP contribution in [0.1, 0.15) is 5.69 Å². The molecule has 5 heteroatoms. The summed E-state index contributed by atoms with van der Waals surface area (Å²) >= 11 is 7.81. The molecule has 0 aliphatic rings. The highest BCUT2D eigenvalue weighted by Crippen LogP contribution is 2.22. The number of nitrogen functional groups attached to an aromatic ring is 1. The van der Waals surface area contributed by atoms with E-state index in [0.717, 1.165) is 23.5 Å². The van der Waals surface area contributed by atoms with Crippen LogP contribution < -0.4 is 5.73 Å². The first kappa shape index (κ1) is 10.6. The van der Waals surface area contributed by atoms with Crippen LogP contribution in [0.15, 0.2) is 18.3 Å². The first-order valence-electron chi connectivity index (χ1n) is 4.64. The summed E-state index contributed by atoms with van der Waals surface area (Å²) in [4.78, 5) is 4.44. The molecule has 0 aliphatic carbocycles. The number of thioether (sulfide) groups is 1. The molecule has 0 aromatic carbocycles. The number of pyridine rings is 1. The van der Waals surface area contributed by atoms with Gasteiger partial charge in [-0.2, -0.15) is 11.8 Å². The molecule has 0 saturated heterocycles. The molecule has 0 spiro atoms. The maximum atomic E-state index is 6.03. The van der Waals surface area contributed by atoms with E-state index < -0.39 is 0 Å². The molecule has 2 aromatic heterocycles. The lowest BCUT2D eigenvalue weighted by Crippen LogP contribution is -1.97. The zero-order chi connectivity index (χ0) is 10.8. The van der Waals surface area contributed by atoms with Crippen LogP contribution in [0.3, 0.4) is 0 Å². The van der Waals surface area contributed by atoms with Gasteiger partial charge < -0.3 is 5.73 Å². The normalized spacial score (nSPS) is 11.1. The van der Waals surface area contributed by atoms with Gasteiger partial charge in [-0.15, -0.1) is 0 Å². The second-order valence-electron chi connectivity index (χ2n) is 3.24. The fraction of sp³-hybridized carbons (Fsp3) is 0.300. The van der Waals surface area contributed by atoms with Crippen molar-refractivity contribution in [1.29, 1.82) is 0 Å². The van der Waals surface area contributed by atoms with E-state index in [4.69, 9.17) is 17.3 Å². The highest BCUT2D eigenvalue weighted by Gasteiger charge is 2.10. The van der Waals surface area contributed by atoms with Gasteiger partial charge in [0.1, 0.15) is 5.82 Å². The quantitative estimate of drug-likeness (QED) is 0.898. The third-order valence-corrected chi connectivity index (χ3v) is 3.17. The van der Waals surface area contributed by atoms with Gasteiger partial charge in [0.15, 0.2) is 5.65 Å². The fourth-order valence-electron chi connectivity index (χ4n) is 1.48. The van der Waals surface area contributed by atoms with E-state index in [-0.39, 0.29) is 0 Å². The standard InChI is InChI=1S/C10H12ClN3S/c1-15-6-4-8-9(12)14-5-2-3-7(11)10(14)13-8/h2-3,5H,4,6,12H2,1H3. The minimum absolute atomic E-state index is 0.639. The molecule has 2 heterocycles. The second kappa shape index (κ2) is 4.33. The predicted molar refractivity (Wildman–Crippen MR) is 66.7 cm³/mol. The molecular formula is C10H12ClN3S. The van der Waals surface area contributed by atoms with E-state index in [0.29, 0.717) is 10.8 Å². The number of rotatable bonds is 3. The molecule has 0 saturated carbocycles. The molecule has 0 bridgehead atoms. The van der Waals surface area contributed by atoms with E-state index in [2.05, 4.69) is 11.2 Å². The number of aromatic nitrogens is 2. The Morgan fingerprint density at radius 2 is 2.40 bits per heavy atom. The van der Waals surface area contributed by atoms with Crippen molar-refractivity contribution in [3.8, 4) is 0 Å². The van der Waals surface area contributed by atoms with Crippen molar-refractivity contribution in [2.75, 3.05) is 17.7 Å². The van der Waals surface area contributed by atoms with Crippen LogP contribution in [-0.4, -0.2) is 21.4 Å². The minimum atomic E-state index is 0.639. The van der Waals surface area contributed by atoms with Crippen LogP contribution >= 0.6 is 23.4 Å². The summed E-state index contributed by atoms with van der Waals surface area (Å²) in [6, 6.07) is 3.69. The first-order chi connectivity index (χ1) is 7.24. The Morgan fingerprint density at radius 3 is 3.07 bits per heavy atom. The van der Waals surface area contributed by atoms with Crippen LogP contribution in [0.5, 0.6) is 0 Å². The summed E-state index contributed by atoms with van der Waals surface area (Å²) in [5, 5.41) is 0.639. The number of nitrogens with zero attached hydrogens (tertiary/aromatic N) is 2. The Balaban J connectivity index is 2.49. The largest absolute Gasteiger partial charge is 0.383 e. The van der Waals surface area contributed by atoms with Crippen LogP contribution in [0.4, 0.5) is 5.82 Å². The number of nitrogens with two attached hydrogens (primary N) is 1. The van der Waals surface area contributed by atoms with Gasteiger partial charge in [0.2, 0.25) is 0 Å². The van der Waals surface area contributed by atoms with Crippen LogP contribution in [-0.2, 0) is 6.42 Å². The molecule has 3 nitrogen and oxygen atoms in total. The van der Waals surface area contributed by atoms with Gasteiger partial charge in [-0.1, -0.05) is 11.6 Å². The average Bonchev–Trinajstić information content (AvgIpc) is 2.55. The molecule has 15 heavy (non-hydrogen) atoms. The number of hydrogen-bond acceptors (Lipinski definition) is 3. The van der Waals surface area contributed by atoms with E-state index in [1.165, 1.54) is 0 Å². The van der Waals surface area contributed by atoms with Gasteiger partial charge >= 0.3 is 0 Å². The maximum Gasteiger partial charge on any atom is 0.157 e. The number of fused-ring (bicyclic) bond motifs is 1. The fourth-order valence-corrected chi connectivity index (χ4v) is 2.09. The van der Waals surface area contributed by atoms with Crippen LogP contribution in [0, 0.1) is 0 Å².